The molecule has 1 rings (SSSR count). The number of hydrogen-bond acceptors (Lipinski definition) is 4. The quantitative estimate of drug-likeness (QED) is 0.515. The fourth-order valence-corrected chi connectivity index (χ4v) is 1.30. The lowest BCUT2D eigenvalue weighted by Crippen LogP contribution is -1.99. The third-order valence-electron chi connectivity index (χ3n) is 1.99. The Hall–Kier alpha value is -1.97. The van der Waals surface area contributed by atoms with Crippen LogP contribution in [0.2, 0.25) is 0 Å². The molecular formula is C11H15N3O. The van der Waals surface area contributed by atoms with Crippen LogP contribution in [0.25, 0.3) is 5.57 Å². The molecule has 0 amide bonds. The predicted molar refractivity (Wildman–Crippen MR) is 63.2 cm³/mol. The summed E-state index contributed by atoms with van der Waals surface area (Å²) >= 11 is 0. The Morgan fingerprint density at radius 3 is 2.80 bits per heavy atom. The van der Waals surface area contributed by atoms with Crippen molar-refractivity contribution < 1.29 is 4.74 Å². The van der Waals surface area contributed by atoms with Crippen molar-refractivity contribution in [1.82, 2.24) is 5.32 Å². The van der Waals surface area contributed by atoms with Crippen LogP contribution in [0, 0.1) is 5.41 Å². The van der Waals surface area contributed by atoms with E-state index in [1.54, 1.807) is 32.5 Å². The molecule has 0 saturated heterocycles. The van der Waals surface area contributed by atoms with Gasteiger partial charge in [-0.25, -0.2) is 0 Å². The number of methoxy groups -OCH3 is 1. The number of benzene rings is 1. The van der Waals surface area contributed by atoms with Crippen molar-refractivity contribution in [3.05, 3.63) is 30.0 Å². The summed E-state index contributed by atoms with van der Waals surface area (Å²) in [6.07, 6.45) is 3.01. The maximum Gasteiger partial charge on any atom is 0.128 e. The second kappa shape index (κ2) is 5.05. The first kappa shape index (κ1) is 11.1. The molecule has 0 aliphatic carbocycles. The predicted octanol–water partition coefficient (Wildman–Crippen LogP) is 1.49. The van der Waals surface area contributed by atoms with Gasteiger partial charge in [-0.05, 0) is 12.1 Å². The number of nitrogens with one attached hydrogen (secondary N) is 2. The molecular weight excluding hydrogens is 190 g/mol. The molecule has 0 spiro atoms. The standard InChI is InChI=1S/C11H15N3O/c1-14-7-8(6-12)10-4-3-9(13)5-11(10)15-2/h3-7,12,14H,13H2,1-2H3/b8-7+,12-6?. The largest absolute Gasteiger partial charge is 0.496 e. The van der Waals surface area contributed by atoms with Gasteiger partial charge in [0.1, 0.15) is 5.75 Å². The third-order valence-corrected chi connectivity index (χ3v) is 1.99. The molecule has 0 heterocycles. The molecule has 4 heteroatoms. The average Bonchev–Trinajstić information content (AvgIpc) is 2.26. The number of nitrogens with two attached hydrogens (primary N) is 1. The molecule has 0 aromatic heterocycles. The number of allylic oxidation sites excluding steroid dienone is 1. The Bertz CT molecular complexity index is 385. The zero-order chi connectivity index (χ0) is 11.3. The minimum atomic E-state index is 0.643. The van der Waals surface area contributed by atoms with E-state index in [1.165, 1.54) is 6.21 Å². The summed E-state index contributed by atoms with van der Waals surface area (Å²) in [5, 5.41) is 10.2. The van der Waals surface area contributed by atoms with Crippen molar-refractivity contribution in [3.63, 3.8) is 0 Å². The Morgan fingerprint density at radius 2 is 2.27 bits per heavy atom. The first-order chi connectivity index (χ1) is 7.22. The van der Waals surface area contributed by atoms with Crippen LogP contribution < -0.4 is 15.8 Å². The van der Waals surface area contributed by atoms with Gasteiger partial charge < -0.3 is 21.2 Å². The fraction of sp³-hybridized carbons (Fsp3) is 0.182. The molecule has 0 radical (unpaired) electrons. The molecule has 4 N–H and O–H groups in total. The van der Waals surface area contributed by atoms with Crippen molar-refractivity contribution in [1.29, 1.82) is 5.41 Å². The van der Waals surface area contributed by atoms with Gasteiger partial charge in [0, 0.05) is 42.4 Å². The van der Waals surface area contributed by atoms with E-state index in [0.29, 0.717) is 11.4 Å². The van der Waals surface area contributed by atoms with E-state index in [2.05, 4.69) is 5.32 Å². The van der Waals surface area contributed by atoms with Crippen LogP contribution in [0.5, 0.6) is 5.75 Å². The minimum absolute atomic E-state index is 0.643. The van der Waals surface area contributed by atoms with Crippen LogP contribution in [-0.2, 0) is 0 Å². The van der Waals surface area contributed by atoms with Crippen molar-refractivity contribution in [3.8, 4) is 5.75 Å². The van der Waals surface area contributed by atoms with Gasteiger partial charge in [-0.15, -0.1) is 0 Å². The molecule has 0 unspecified atom stereocenters. The second-order valence-corrected chi connectivity index (χ2v) is 2.99. The molecule has 0 fully saturated rings. The normalized spacial score (nSPS) is 10.9. The van der Waals surface area contributed by atoms with Crippen molar-refractivity contribution >= 4 is 17.5 Å². The summed E-state index contributed by atoms with van der Waals surface area (Å²) in [5.74, 6) is 0.667. The van der Waals surface area contributed by atoms with Crippen LogP contribution in [0.4, 0.5) is 5.69 Å². The number of nitrogen functional groups attached to an aromatic ring is 1. The van der Waals surface area contributed by atoms with Crippen LogP contribution in [0.15, 0.2) is 24.4 Å². The first-order valence-electron chi connectivity index (χ1n) is 4.54. The van der Waals surface area contributed by atoms with E-state index in [-0.39, 0.29) is 0 Å². The van der Waals surface area contributed by atoms with Crippen LogP contribution in [0.3, 0.4) is 0 Å². The Balaban J connectivity index is 3.23. The van der Waals surface area contributed by atoms with Gasteiger partial charge >= 0.3 is 0 Å². The molecule has 15 heavy (non-hydrogen) atoms. The molecule has 0 aliphatic heterocycles. The summed E-state index contributed by atoms with van der Waals surface area (Å²) in [5.41, 5.74) is 7.88. The third kappa shape index (κ3) is 2.49. The molecule has 0 bridgehead atoms. The van der Waals surface area contributed by atoms with E-state index in [4.69, 9.17) is 15.9 Å². The van der Waals surface area contributed by atoms with Crippen LogP contribution in [-0.4, -0.2) is 20.4 Å². The lowest BCUT2D eigenvalue weighted by Gasteiger charge is -2.09. The zero-order valence-electron chi connectivity index (χ0n) is 8.87. The van der Waals surface area contributed by atoms with Gasteiger partial charge in [0.05, 0.1) is 7.11 Å². The highest BCUT2D eigenvalue weighted by molar-refractivity contribution is 6.09. The monoisotopic (exact) mass is 205 g/mol. The van der Waals surface area contributed by atoms with Crippen LogP contribution >= 0.6 is 0 Å². The topological polar surface area (TPSA) is 71.1 Å². The number of rotatable bonds is 4. The summed E-state index contributed by atoms with van der Waals surface area (Å²) in [6, 6.07) is 5.36. The number of ether oxygens (including phenoxy) is 1. The lowest BCUT2D eigenvalue weighted by atomic mass is 10.1. The van der Waals surface area contributed by atoms with E-state index < -0.39 is 0 Å². The van der Waals surface area contributed by atoms with E-state index in [0.717, 1.165) is 11.1 Å². The van der Waals surface area contributed by atoms with E-state index >= 15 is 0 Å². The molecule has 0 atom stereocenters. The molecule has 1 aromatic carbocycles. The van der Waals surface area contributed by atoms with E-state index in [1.807, 2.05) is 6.07 Å². The Morgan fingerprint density at radius 1 is 1.53 bits per heavy atom. The highest BCUT2D eigenvalue weighted by Crippen LogP contribution is 2.26. The van der Waals surface area contributed by atoms with Crippen LogP contribution in [0.1, 0.15) is 5.56 Å². The minimum Gasteiger partial charge on any atom is -0.496 e. The van der Waals surface area contributed by atoms with Crippen molar-refractivity contribution in [2.24, 2.45) is 0 Å². The average molecular weight is 205 g/mol. The first-order valence-corrected chi connectivity index (χ1v) is 4.54. The summed E-state index contributed by atoms with van der Waals surface area (Å²) in [7, 11) is 3.37. The smallest absolute Gasteiger partial charge is 0.128 e. The Kier molecular flexibility index (Phi) is 3.74. The molecule has 1 aromatic rings. The molecule has 0 aliphatic rings. The second-order valence-electron chi connectivity index (χ2n) is 2.99. The van der Waals surface area contributed by atoms with Gasteiger partial charge in [-0.2, -0.15) is 0 Å². The Labute approximate surface area is 89.3 Å². The lowest BCUT2D eigenvalue weighted by molar-refractivity contribution is 0.414. The SMILES string of the molecule is CN/C=C(\C=N)c1ccc(N)cc1OC. The summed E-state index contributed by atoms with van der Waals surface area (Å²) in [4.78, 5) is 0. The highest BCUT2D eigenvalue weighted by Gasteiger charge is 2.06. The molecule has 4 nitrogen and oxygen atoms in total. The van der Waals surface area contributed by atoms with Gasteiger partial charge in [-0.3, -0.25) is 0 Å². The maximum atomic E-state index is 7.31. The highest BCUT2D eigenvalue weighted by atomic mass is 16.5. The van der Waals surface area contributed by atoms with Crippen molar-refractivity contribution in [2.45, 2.75) is 0 Å². The summed E-state index contributed by atoms with van der Waals surface area (Å²) < 4.78 is 5.20. The van der Waals surface area contributed by atoms with E-state index in [9.17, 15) is 0 Å². The molecule has 80 valence electrons. The zero-order valence-corrected chi connectivity index (χ0v) is 8.87. The fourth-order valence-electron chi connectivity index (χ4n) is 1.30. The maximum absolute atomic E-state index is 7.31. The summed E-state index contributed by atoms with van der Waals surface area (Å²) in [6.45, 7) is 0. The van der Waals surface area contributed by atoms with Gasteiger partial charge in [0.15, 0.2) is 0 Å². The number of hydrogen-bond donors (Lipinski definition) is 3. The van der Waals surface area contributed by atoms with Gasteiger partial charge in [0.25, 0.3) is 0 Å². The number of anilines is 1. The van der Waals surface area contributed by atoms with Gasteiger partial charge in [0.2, 0.25) is 0 Å². The van der Waals surface area contributed by atoms with Crippen molar-refractivity contribution in [2.75, 3.05) is 19.9 Å². The van der Waals surface area contributed by atoms with Gasteiger partial charge in [-0.1, -0.05) is 0 Å². The molecule has 0 saturated carbocycles.